The summed E-state index contributed by atoms with van der Waals surface area (Å²) in [4.78, 5) is 14.0. The van der Waals surface area contributed by atoms with Gasteiger partial charge in [0.05, 0.1) is 5.56 Å². The molecule has 0 saturated heterocycles. The number of H-pyrrole nitrogens is 1. The van der Waals surface area contributed by atoms with Crippen molar-refractivity contribution in [2.24, 2.45) is 0 Å². The van der Waals surface area contributed by atoms with Crippen LogP contribution in [0.2, 0.25) is 0 Å². The standard InChI is InChI=1S/C14H15NO2/c1-9(2)3-4-10-5-6-13-11(7-10)12(8-15-13)14(16)17/h3,5-8,15H,4H2,1-2H3,(H,16,17). The Hall–Kier alpha value is -2.03. The van der Waals surface area contributed by atoms with Crippen molar-refractivity contribution in [1.82, 2.24) is 4.98 Å². The first-order chi connectivity index (χ1) is 8.08. The number of aromatic carboxylic acids is 1. The predicted octanol–water partition coefficient (Wildman–Crippen LogP) is 3.37. The summed E-state index contributed by atoms with van der Waals surface area (Å²) in [7, 11) is 0. The van der Waals surface area contributed by atoms with E-state index in [1.165, 1.54) is 11.8 Å². The highest BCUT2D eigenvalue weighted by Gasteiger charge is 2.10. The Labute approximate surface area is 99.8 Å². The Morgan fingerprint density at radius 2 is 2.18 bits per heavy atom. The van der Waals surface area contributed by atoms with E-state index in [0.717, 1.165) is 22.9 Å². The largest absolute Gasteiger partial charge is 0.478 e. The SMILES string of the molecule is CC(C)=CCc1ccc2[nH]cc(C(=O)O)c2c1. The summed E-state index contributed by atoms with van der Waals surface area (Å²) in [5.41, 5.74) is 3.58. The van der Waals surface area contributed by atoms with Crippen molar-refractivity contribution in [1.29, 1.82) is 0 Å². The molecule has 2 rings (SSSR count). The minimum absolute atomic E-state index is 0.332. The lowest BCUT2D eigenvalue weighted by atomic mass is 10.1. The van der Waals surface area contributed by atoms with Crippen LogP contribution in [-0.2, 0) is 6.42 Å². The molecule has 17 heavy (non-hydrogen) atoms. The number of carbonyl (C=O) groups is 1. The Morgan fingerprint density at radius 3 is 2.82 bits per heavy atom. The molecule has 88 valence electrons. The number of nitrogens with one attached hydrogen (secondary N) is 1. The zero-order valence-electron chi connectivity index (χ0n) is 9.95. The predicted molar refractivity (Wildman–Crippen MR) is 68.4 cm³/mol. The molecule has 0 saturated carbocycles. The molecule has 0 unspecified atom stereocenters. The van der Waals surface area contributed by atoms with Crippen LogP contribution in [-0.4, -0.2) is 16.1 Å². The molecule has 0 aliphatic carbocycles. The lowest BCUT2D eigenvalue weighted by Gasteiger charge is -1.99. The van der Waals surface area contributed by atoms with Crippen molar-refractivity contribution in [2.45, 2.75) is 20.3 Å². The molecule has 0 spiro atoms. The van der Waals surface area contributed by atoms with Crippen molar-refractivity contribution in [2.75, 3.05) is 0 Å². The highest BCUT2D eigenvalue weighted by atomic mass is 16.4. The van der Waals surface area contributed by atoms with E-state index in [-0.39, 0.29) is 0 Å². The summed E-state index contributed by atoms with van der Waals surface area (Å²) in [6.07, 6.45) is 4.51. The molecular formula is C14H15NO2. The first-order valence-electron chi connectivity index (χ1n) is 5.54. The maximum atomic E-state index is 11.0. The normalized spacial score (nSPS) is 10.5. The van der Waals surface area contributed by atoms with Gasteiger partial charge >= 0.3 is 5.97 Å². The van der Waals surface area contributed by atoms with Gasteiger partial charge in [-0.05, 0) is 38.0 Å². The van der Waals surface area contributed by atoms with Crippen LogP contribution in [0, 0.1) is 0 Å². The smallest absolute Gasteiger partial charge is 0.337 e. The second-order valence-electron chi connectivity index (χ2n) is 4.37. The second-order valence-corrected chi connectivity index (χ2v) is 4.37. The van der Waals surface area contributed by atoms with Gasteiger partial charge in [-0.1, -0.05) is 17.7 Å². The van der Waals surface area contributed by atoms with Crippen LogP contribution in [0.25, 0.3) is 10.9 Å². The molecule has 0 fully saturated rings. The van der Waals surface area contributed by atoms with Crippen LogP contribution >= 0.6 is 0 Å². The van der Waals surface area contributed by atoms with E-state index in [1.54, 1.807) is 0 Å². The van der Waals surface area contributed by atoms with Crippen LogP contribution in [0.4, 0.5) is 0 Å². The van der Waals surface area contributed by atoms with E-state index in [0.29, 0.717) is 5.56 Å². The van der Waals surface area contributed by atoms with Gasteiger partial charge in [0, 0.05) is 17.1 Å². The molecule has 1 aromatic carbocycles. The fourth-order valence-electron chi connectivity index (χ4n) is 1.79. The van der Waals surface area contributed by atoms with Gasteiger partial charge in [-0.3, -0.25) is 0 Å². The molecule has 1 aromatic heterocycles. The Morgan fingerprint density at radius 1 is 1.41 bits per heavy atom. The number of carboxylic acids is 1. The number of hydrogen-bond donors (Lipinski definition) is 2. The lowest BCUT2D eigenvalue weighted by molar-refractivity contribution is 0.0699. The monoisotopic (exact) mass is 229 g/mol. The zero-order valence-corrected chi connectivity index (χ0v) is 9.95. The minimum Gasteiger partial charge on any atom is -0.478 e. The molecule has 0 bridgehead atoms. The Bertz CT molecular complexity index is 589. The van der Waals surface area contributed by atoms with E-state index in [4.69, 9.17) is 5.11 Å². The number of rotatable bonds is 3. The quantitative estimate of drug-likeness (QED) is 0.793. The van der Waals surface area contributed by atoms with Crippen LogP contribution in [0.5, 0.6) is 0 Å². The van der Waals surface area contributed by atoms with E-state index in [2.05, 4.69) is 24.9 Å². The third-order valence-corrected chi connectivity index (χ3v) is 2.72. The van der Waals surface area contributed by atoms with Crippen molar-refractivity contribution >= 4 is 16.9 Å². The molecule has 2 N–H and O–H groups in total. The van der Waals surface area contributed by atoms with E-state index in [9.17, 15) is 4.79 Å². The average Bonchev–Trinajstić information content (AvgIpc) is 2.69. The van der Waals surface area contributed by atoms with Crippen molar-refractivity contribution in [3.8, 4) is 0 Å². The van der Waals surface area contributed by atoms with Gasteiger partial charge in [-0.25, -0.2) is 4.79 Å². The summed E-state index contributed by atoms with van der Waals surface area (Å²) in [5.74, 6) is -0.893. The molecule has 2 aromatic rings. The highest BCUT2D eigenvalue weighted by molar-refractivity contribution is 6.03. The third-order valence-electron chi connectivity index (χ3n) is 2.72. The van der Waals surface area contributed by atoms with Gasteiger partial charge in [0.25, 0.3) is 0 Å². The second kappa shape index (κ2) is 4.45. The van der Waals surface area contributed by atoms with Crippen molar-refractivity contribution < 1.29 is 9.90 Å². The summed E-state index contributed by atoms with van der Waals surface area (Å²) < 4.78 is 0. The molecule has 1 heterocycles. The van der Waals surface area contributed by atoms with Gasteiger partial charge in [0.15, 0.2) is 0 Å². The Balaban J connectivity index is 2.44. The number of fused-ring (bicyclic) bond motifs is 1. The fourth-order valence-corrected chi connectivity index (χ4v) is 1.79. The van der Waals surface area contributed by atoms with Gasteiger partial charge < -0.3 is 10.1 Å². The molecule has 3 heteroatoms. The lowest BCUT2D eigenvalue weighted by Crippen LogP contribution is -1.94. The van der Waals surface area contributed by atoms with Crippen LogP contribution in [0.1, 0.15) is 29.8 Å². The summed E-state index contributed by atoms with van der Waals surface area (Å²) in [5, 5.41) is 9.82. The fraction of sp³-hybridized carbons (Fsp3) is 0.214. The summed E-state index contributed by atoms with van der Waals surface area (Å²) >= 11 is 0. The zero-order chi connectivity index (χ0) is 12.4. The van der Waals surface area contributed by atoms with Gasteiger partial charge in [0.2, 0.25) is 0 Å². The average molecular weight is 229 g/mol. The van der Waals surface area contributed by atoms with Crippen molar-refractivity contribution in [3.05, 3.63) is 47.2 Å². The number of aromatic amines is 1. The topological polar surface area (TPSA) is 53.1 Å². The molecule has 3 nitrogen and oxygen atoms in total. The van der Waals surface area contributed by atoms with Crippen LogP contribution in [0.15, 0.2) is 36.0 Å². The molecule has 0 atom stereocenters. The maximum Gasteiger partial charge on any atom is 0.337 e. The molecule has 0 aliphatic rings. The summed E-state index contributed by atoms with van der Waals surface area (Å²) in [6, 6.07) is 5.88. The number of aromatic nitrogens is 1. The first-order valence-corrected chi connectivity index (χ1v) is 5.54. The molecule has 0 aliphatic heterocycles. The van der Waals surface area contributed by atoms with Gasteiger partial charge in [-0.2, -0.15) is 0 Å². The maximum absolute atomic E-state index is 11.0. The number of allylic oxidation sites excluding steroid dienone is 2. The van der Waals surface area contributed by atoms with E-state index in [1.807, 2.05) is 18.2 Å². The molecule has 0 amide bonds. The number of carboxylic acid groups (broad SMARTS) is 1. The van der Waals surface area contributed by atoms with Gasteiger partial charge in [0.1, 0.15) is 0 Å². The molecular weight excluding hydrogens is 214 g/mol. The van der Waals surface area contributed by atoms with Crippen molar-refractivity contribution in [3.63, 3.8) is 0 Å². The van der Waals surface area contributed by atoms with Crippen LogP contribution in [0.3, 0.4) is 0 Å². The number of hydrogen-bond acceptors (Lipinski definition) is 1. The number of benzene rings is 1. The Kier molecular flexibility index (Phi) is 3.00. The highest BCUT2D eigenvalue weighted by Crippen LogP contribution is 2.20. The third kappa shape index (κ3) is 2.38. The van der Waals surface area contributed by atoms with Crippen LogP contribution < -0.4 is 0 Å². The summed E-state index contributed by atoms with van der Waals surface area (Å²) in [6.45, 7) is 4.11. The first kappa shape index (κ1) is 11.5. The van der Waals surface area contributed by atoms with Gasteiger partial charge in [-0.15, -0.1) is 0 Å². The van der Waals surface area contributed by atoms with E-state index < -0.39 is 5.97 Å². The minimum atomic E-state index is -0.893. The van der Waals surface area contributed by atoms with E-state index >= 15 is 0 Å². The molecule has 0 radical (unpaired) electrons.